The van der Waals surface area contributed by atoms with E-state index >= 15 is 0 Å². The van der Waals surface area contributed by atoms with Crippen LogP contribution in [0.1, 0.15) is 23.9 Å². The predicted molar refractivity (Wildman–Crippen MR) is 117 cm³/mol. The summed E-state index contributed by atoms with van der Waals surface area (Å²) in [5.74, 6) is -1.10. The molecule has 0 unspecified atom stereocenters. The molecule has 28 heavy (non-hydrogen) atoms. The molecule has 2 aromatic rings. The number of methoxy groups -OCH3 is 1. The van der Waals surface area contributed by atoms with E-state index in [1.165, 1.54) is 14.0 Å². The Kier molecular flexibility index (Phi) is 5.99. The number of thioether (sulfide) groups is 1. The van der Waals surface area contributed by atoms with E-state index in [0.29, 0.717) is 4.91 Å². The summed E-state index contributed by atoms with van der Waals surface area (Å²) in [5.41, 5.74) is 3.87. The molecule has 1 aliphatic rings. The maximum atomic E-state index is 12.7. The van der Waals surface area contributed by atoms with Crippen molar-refractivity contribution in [3.05, 3.63) is 55.8 Å². The number of hydrogen-bond acceptors (Lipinski definition) is 5. The molecule has 1 aliphatic heterocycles. The number of esters is 1. The molecule has 1 fully saturated rings. The molecular weight excluding hydrogens is 491 g/mol. The number of carbonyl (C=O) groups is 3. The molecule has 2 heterocycles. The van der Waals surface area contributed by atoms with E-state index in [4.69, 9.17) is 0 Å². The minimum atomic E-state index is -0.956. The van der Waals surface area contributed by atoms with Crippen molar-refractivity contribution in [1.29, 1.82) is 0 Å². The zero-order valence-electron chi connectivity index (χ0n) is 15.9. The zero-order chi connectivity index (χ0) is 20.6. The number of nitrogens with zero attached hydrogens (tertiary/aromatic N) is 2. The van der Waals surface area contributed by atoms with Crippen LogP contribution in [0.3, 0.4) is 0 Å². The first kappa shape index (κ1) is 20.7. The van der Waals surface area contributed by atoms with Crippen molar-refractivity contribution in [2.75, 3.05) is 7.11 Å². The van der Waals surface area contributed by atoms with Crippen LogP contribution in [0.25, 0.3) is 11.8 Å². The van der Waals surface area contributed by atoms with Crippen LogP contribution in [-0.4, -0.2) is 39.7 Å². The highest BCUT2D eigenvalue weighted by atomic mass is 127. The highest BCUT2D eigenvalue weighted by Crippen LogP contribution is 2.35. The largest absolute Gasteiger partial charge is 0.467 e. The van der Waals surface area contributed by atoms with Crippen LogP contribution in [-0.2, 0) is 14.3 Å². The third-order valence-electron chi connectivity index (χ3n) is 4.59. The molecule has 0 aliphatic carbocycles. The van der Waals surface area contributed by atoms with Gasteiger partial charge < -0.3 is 9.30 Å². The average Bonchev–Trinajstić information content (AvgIpc) is 3.10. The molecule has 1 atom stereocenters. The Labute approximate surface area is 181 Å². The van der Waals surface area contributed by atoms with Gasteiger partial charge in [0, 0.05) is 20.6 Å². The summed E-state index contributed by atoms with van der Waals surface area (Å²) >= 11 is 3.10. The number of ether oxygens (including phenoxy) is 1. The van der Waals surface area contributed by atoms with Gasteiger partial charge in [0.25, 0.3) is 11.1 Å². The van der Waals surface area contributed by atoms with Gasteiger partial charge in [-0.15, -0.1) is 0 Å². The van der Waals surface area contributed by atoms with E-state index in [0.717, 1.165) is 42.9 Å². The zero-order valence-corrected chi connectivity index (χ0v) is 18.8. The van der Waals surface area contributed by atoms with Crippen molar-refractivity contribution in [3.63, 3.8) is 0 Å². The second-order valence-corrected chi connectivity index (χ2v) is 8.63. The smallest absolute Gasteiger partial charge is 0.328 e. The van der Waals surface area contributed by atoms with Crippen LogP contribution < -0.4 is 0 Å². The number of hydrogen-bond donors (Lipinski definition) is 0. The van der Waals surface area contributed by atoms with Gasteiger partial charge in [-0.2, -0.15) is 0 Å². The lowest BCUT2D eigenvalue weighted by atomic mass is 10.2. The Hall–Kier alpha value is -2.07. The lowest BCUT2D eigenvalue weighted by Gasteiger charge is -2.18. The van der Waals surface area contributed by atoms with Gasteiger partial charge in [0.2, 0.25) is 0 Å². The van der Waals surface area contributed by atoms with Crippen LogP contribution in [0.2, 0.25) is 0 Å². The number of imide groups is 1. The molecule has 8 heteroatoms. The lowest BCUT2D eigenvalue weighted by molar-refractivity contribution is -0.148. The minimum Gasteiger partial charge on any atom is -0.467 e. The number of aryl methyl sites for hydroxylation is 1. The summed E-state index contributed by atoms with van der Waals surface area (Å²) < 4.78 is 7.90. The Morgan fingerprint density at radius 3 is 2.46 bits per heavy atom. The predicted octanol–water partition coefficient (Wildman–Crippen LogP) is 4.30. The molecule has 3 rings (SSSR count). The lowest BCUT2D eigenvalue weighted by Crippen LogP contribution is -2.42. The van der Waals surface area contributed by atoms with Gasteiger partial charge in [-0.3, -0.25) is 14.5 Å². The first-order valence-electron chi connectivity index (χ1n) is 8.54. The van der Waals surface area contributed by atoms with Crippen molar-refractivity contribution in [3.8, 4) is 5.69 Å². The fraction of sp³-hybridized carbons (Fsp3) is 0.250. The maximum Gasteiger partial charge on any atom is 0.328 e. The van der Waals surface area contributed by atoms with Crippen LogP contribution in [0.4, 0.5) is 4.79 Å². The molecular formula is C20H19IN2O4S. The SMILES string of the molecule is COC(=O)[C@@H](C)N1C(=O)S/C(=C\c2cc(C)n(-c3ccc(I)cc3)c2C)C1=O. The first-order valence-corrected chi connectivity index (χ1v) is 10.4. The molecule has 6 nitrogen and oxygen atoms in total. The molecule has 2 amide bonds. The molecule has 0 bridgehead atoms. The van der Waals surface area contributed by atoms with Gasteiger partial charge in [-0.25, -0.2) is 4.79 Å². The van der Waals surface area contributed by atoms with Crippen molar-refractivity contribution in [1.82, 2.24) is 9.47 Å². The maximum absolute atomic E-state index is 12.7. The fourth-order valence-corrected chi connectivity index (χ4v) is 4.41. The van der Waals surface area contributed by atoms with Crippen LogP contribution in [0.5, 0.6) is 0 Å². The number of rotatable bonds is 4. The number of halogens is 1. The van der Waals surface area contributed by atoms with Crippen molar-refractivity contribution >= 4 is 57.5 Å². The van der Waals surface area contributed by atoms with E-state index in [1.807, 2.05) is 44.2 Å². The van der Waals surface area contributed by atoms with Gasteiger partial charge in [0.1, 0.15) is 6.04 Å². The third kappa shape index (κ3) is 3.75. The van der Waals surface area contributed by atoms with E-state index in [1.54, 1.807) is 6.08 Å². The van der Waals surface area contributed by atoms with Gasteiger partial charge in [-0.05, 0) is 97.1 Å². The van der Waals surface area contributed by atoms with Crippen molar-refractivity contribution in [2.45, 2.75) is 26.8 Å². The second-order valence-electron chi connectivity index (χ2n) is 6.39. The van der Waals surface area contributed by atoms with Gasteiger partial charge in [-0.1, -0.05) is 0 Å². The molecule has 146 valence electrons. The molecule has 1 aromatic carbocycles. The molecule has 0 spiro atoms. The van der Waals surface area contributed by atoms with Gasteiger partial charge >= 0.3 is 5.97 Å². The minimum absolute atomic E-state index is 0.295. The van der Waals surface area contributed by atoms with Crippen LogP contribution in [0, 0.1) is 17.4 Å². The summed E-state index contributed by atoms with van der Waals surface area (Å²) in [6, 6.07) is 9.17. The Morgan fingerprint density at radius 2 is 1.86 bits per heavy atom. The number of amides is 2. The standard InChI is InChI=1S/C20H19IN2O4S/c1-11-9-14(12(2)22(11)16-7-5-15(21)6-8-16)10-17-18(24)23(20(26)28-17)13(3)19(25)27-4/h5-10,13H,1-4H3/b17-10-/t13-/m1/s1. The summed E-state index contributed by atoms with van der Waals surface area (Å²) in [5, 5.41) is -0.472. The van der Waals surface area contributed by atoms with Crippen LogP contribution >= 0.6 is 34.4 Å². The topological polar surface area (TPSA) is 68.6 Å². The Balaban J connectivity index is 1.95. The highest BCUT2D eigenvalue weighted by Gasteiger charge is 2.41. The van der Waals surface area contributed by atoms with E-state index in [9.17, 15) is 14.4 Å². The molecule has 1 saturated heterocycles. The van der Waals surface area contributed by atoms with Crippen molar-refractivity contribution < 1.29 is 19.1 Å². The molecule has 0 saturated carbocycles. The monoisotopic (exact) mass is 510 g/mol. The average molecular weight is 510 g/mol. The summed E-state index contributed by atoms with van der Waals surface area (Å²) in [7, 11) is 1.23. The van der Waals surface area contributed by atoms with E-state index < -0.39 is 23.2 Å². The van der Waals surface area contributed by atoms with E-state index in [2.05, 4.69) is 31.9 Å². The second kappa shape index (κ2) is 8.12. The fourth-order valence-electron chi connectivity index (χ4n) is 3.15. The van der Waals surface area contributed by atoms with Crippen LogP contribution in [0.15, 0.2) is 35.2 Å². The van der Waals surface area contributed by atoms with Crippen molar-refractivity contribution in [2.24, 2.45) is 0 Å². The number of aromatic nitrogens is 1. The highest BCUT2D eigenvalue weighted by molar-refractivity contribution is 14.1. The number of carbonyl (C=O) groups excluding carboxylic acids is 3. The Bertz CT molecular complexity index is 994. The summed E-state index contributed by atoms with van der Waals surface area (Å²) in [4.78, 5) is 37.9. The van der Waals surface area contributed by atoms with Gasteiger partial charge in [0.15, 0.2) is 0 Å². The molecule has 0 N–H and O–H groups in total. The third-order valence-corrected chi connectivity index (χ3v) is 6.20. The molecule has 1 aromatic heterocycles. The Morgan fingerprint density at radius 1 is 1.21 bits per heavy atom. The number of benzene rings is 1. The molecule has 0 radical (unpaired) electrons. The quantitative estimate of drug-likeness (QED) is 0.349. The summed E-state index contributed by atoms with van der Waals surface area (Å²) in [6.07, 6.45) is 1.71. The first-order chi connectivity index (χ1) is 13.2. The normalized spacial score (nSPS) is 16.8. The van der Waals surface area contributed by atoms with E-state index in [-0.39, 0.29) is 0 Å². The van der Waals surface area contributed by atoms with Gasteiger partial charge in [0.05, 0.1) is 12.0 Å². The summed E-state index contributed by atoms with van der Waals surface area (Å²) in [6.45, 7) is 5.44.